The summed E-state index contributed by atoms with van der Waals surface area (Å²) in [5.41, 5.74) is 1.79. The van der Waals surface area contributed by atoms with Crippen molar-refractivity contribution in [1.29, 1.82) is 0 Å². The lowest BCUT2D eigenvalue weighted by molar-refractivity contribution is 0.196. The second-order valence-electron chi connectivity index (χ2n) is 6.51. The number of carbonyl (C=O) groups excluding carboxylic acids is 1. The van der Waals surface area contributed by atoms with Gasteiger partial charge in [-0.15, -0.1) is 0 Å². The van der Waals surface area contributed by atoms with Crippen molar-refractivity contribution >= 4 is 29.1 Å². The Labute approximate surface area is 157 Å². The molecule has 0 atom stereocenters. The number of hydrogen-bond acceptors (Lipinski definition) is 4. The van der Waals surface area contributed by atoms with Crippen LogP contribution in [-0.4, -0.2) is 55.2 Å². The molecule has 136 valence electrons. The molecule has 2 aliphatic heterocycles. The third kappa shape index (κ3) is 3.29. The number of anilines is 2. The van der Waals surface area contributed by atoms with Crippen molar-refractivity contribution in [2.24, 2.45) is 0 Å². The van der Waals surface area contributed by atoms with E-state index in [1.54, 1.807) is 17.0 Å². The van der Waals surface area contributed by atoms with Gasteiger partial charge in [0.15, 0.2) is 0 Å². The van der Waals surface area contributed by atoms with E-state index in [9.17, 15) is 4.79 Å². The molecule has 2 aromatic rings. The van der Waals surface area contributed by atoms with Gasteiger partial charge in [-0.2, -0.15) is 0 Å². The fraction of sp³-hybridized carbons (Fsp3) is 0.368. The summed E-state index contributed by atoms with van der Waals surface area (Å²) in [6, 6.07) is 11.5. The van der Waals surface area contributed by atoms with Gasteiger partial charge in [0, 0.05) is 43.0 Å². The van der Waals surface area contributed by atoms with Crippen LogP contribution < -0.4 is 14.5 Å². The van der Waals surface area contributed by atoms with Crippen molar-refractivity contribution in [3.05, 3.63) is 47.1 Å². The van der Waals surface area contributed by atoms with Crippen molar-refractivity contribution in [3.63, 3.8) is 0 Å². The molecule has 0 saturated carbocycles. The molecule has 2 aliphatic rings. The highest BCUT2D eigenvalue weighted by molar-refractivity contribution is 6.30. The number of urea groups is 1. The number of benzene rings is 1. The number of fused-ring (bicyclic) bond motifs is 1. The fourth-order valence-electron chi connectivity index (χ4n) is 3.39. The second kappa shape index (κ2) is 7.03. The Morgan fingerprint density at radius 3 is 2.69 bits per heavy atom. The summed E-state index contributed by atoms with van der Waals surface area (Å²) in [6.45, 7) is 5.92. The van der Waals surface area contributed by atoms with E-state index in [0.717, 1.165) is 30.3 Å². The van der Waals surface area contributed by atoms with Gasteiger partial charge in [0.1, 0.15) is 18.2 Å². The highest BCUT2D eigenvalue weighted by Gasteiger charge is 2.30. The molecule has 2 amide bonds. The van der Waals surface area contributed by atoms with Gasteiger partial charge in [0.2, 0.25) is 0 Å². The maximum atomic E-state index is 13.0. The first-order valence-corrected chi connectivity index (χ1v) is 9.17. The molecule has 0 radical (unpaired) electrons. The van der Waals surface area contributed by atoms with Crippen molar-refractivity contribution in [3.8, 4) is 5.75 Å². The number of piperazine rings is 1. The summed E-state index contributed by atoms with van der Waals surface area (Å²) < 4.78 is 5.64. The van der Waals surface area contributed by atoms with E-state index in [1.807, 2.05) is 36.1 Å². The normalized spacial score (nSPS) is 16.9. The molecule has 1 saturated heterocycles. The quantitative estimate of drug-likeness (QED) is 0.771. The van der Waals surface area contributed by atoms with Crippen LogP contribution in [0.5, 0.6) is 5.75 Å². The minimum atomic E-state index is 0.0220. The van der Waals surface area contributed by atoms with Gasteiger partial charge in [0.25, 0.3) is 0 Å². The molecule has 4 rings (SSSR count). The zero-order valence-electron chi connectivity index (χ0n) is 14.7. The average Bonchev–Trinajstić information content (AvgIpc) is 2.67. The Balaban J connectivity index is 1.45. The maximum absolute atomic E-state index is 13.0. The first-order valence-electron chi connectivity index (χ1n) is 8.79. The monoisotopic (exact) mass is 372 g/mol. The third-order valence-corrected chi connectivity index (χ3v) is 5.00. The van der Waals surface area contributed by atoms with Gasteiger partial charge < -0.3 is 14.5 Å². The van der Waals surface area contributed by atoms with Crippen LogP contribution >= 0.6 is 11.6 Å². The highest BCUT2D eigenvalue weighted by atomic mass is 35.5. The van der Waals surface area contributed by atoms with Crippen LogP contribution in [-0.2, 0) is 0 Å². The van der Waals surface area contributed by atoms with Gasteiger partial charge >= 0.3 is 6.03 Å². The fourth-order valence-corrected chi connectivity index (χ4v) is 3.56. The Morgan fingerprint density at radius 2 is 1.92 bits per heavy atom. The molecule has 1 aromatic carbocycles. The molecule has 1 aromatic heterocycles. The average molecular weight is 373 g/mol. The van der Waals surface area contributed by atoms with Crippen molar-refractivity contribution < 1.29 is 9.53 Å². The first kappa shape index (κ1) is 17.0. The van der Waals surface area contributed by atoms with E-state index in [2.05, 4.69) is 9.88 Å². The Morgan fingerprint density at radius 1 is 1.12 bits per heavy atom. The molecule has 0 N–H and O–H groups in total. The highest BCUT2D eigenvalue weighted by Crippen LogP contribution is 2.34. The molecule has 0 bridgehead atoms. The Bertz CT molecular complexity index is 821. The molecule has 1 fully saturated rings. The third-order valence-electron chi connectivity index (χ3n) is 4.76. The van der Waals surface area contributed by atoms with E-state index in [0.29, 0.717) is 37.0 Å². The molecule has 6 nitrogen and oxygen atoms in total. The van der Waals surface area contributed by atoms with Gasteiger partial charge in [-0.05, 0) is 31.2 Å². The van der Waals surface area contributed by atoms with Crippen LogP contribution in [0.2, 0.25) is 5.02 Å². The minimum Gasteiger partial charge on any atom is -0.489 e. The van der Waals surface area contributed by atoms with E-state index < -0.39 is 0 Å². The second-order valence-corrected chi connectivity index (χ2v) is 6.94. The van der Waals surface area contributed by atoms with E-state index >= 15 is 0 Å². The maximum Gasteiger partial charge on any atom is 0.324 e. The van der Waals surface area contributed by atoms with Gasteiger partial charge in [-0.3, -0.25) is 4.90 Å². The van der Waals surface area contributed by atoms with Crippen LogP contribution in [0, 0.1) is 6.92 Å². The van der Waals surface area contributed by atoms with Gasteiger partial charge in [-0.25, -0.2) is 9.78 Å². The zero-order chi connectivity index (χ0) is 18.1. The number of nitrogens with zero attached hydrogens (tertiary/aromatic N) is 4. The van der Waals surface area contributed by atoms with Crippen LogP contribution in [0.25, 0.3) is 0 Å². The Hall–Kier alpha value is -2.47. The van der Waals surface area contributed by atoms with Crippen LogP contribution in [0.1, 0.15) is 5.69 Å². The minimum absolute atomic E-state index is 0.0220. The number of ether oxygens (including phenoxy) is 1. The summed E-state index contributed by atoms with van der Waals surface area (Å²) in [4.78, 5) is 23.5. The number of halogens is 1. The van der Waals surface area contributed by atoms with Gasteiger partial charge in [-0.1, -0.05) is 17.7 Å². The smallest absolute Gasteiger partial charge is 0.324 e. The number of aromatic nitrogens is 1. The standard InChI is InChI=1S/C19H21ClN4O2/c1-14-3-2-4-18(21-14)22-7-9-23(10-8-22)19(25)24-11-12-26-17-13-15(20)5-6-16(17)24/h2-6,13H,7-12H2,1H3. The van der Waals surface area contributed by atoms with E-state index in [-0.39, 0.29) is 6.03 Å². The molecule has 3 heterocycles. The summed E-state index contributed by atoms with van der Waals surface area (Å²) in [7, 11) is 0. The van der Waals surface area contributed by atoms with Crippen molar-refractivity contribution in [1.82, 2.24) is 9.88 Å². The first-order chi connectivity index (χ1) is 12.6. The van der Waals surface area contributed by atoms with Crippen LogP contribution in [0.4, 0.5) is 16.3 Å². The predicted octanol–water partition coefficient (Wildman–Crippen LogP) is 3.18. The largest absolute Gasteiger partial charge is 0.489 e. The lowest BCUT2D eigenvalue weighted by Crippen LogP contribution is -2.54. The lowest BCUT2D eigenvalue weighted by atomic mass is 10.2. The summed E-state index contributed by atoms with van der Waals surface area (Å²) in [5.74, 6) is 1.64. The van der Waals surface area contributed by atoms with Crippen molar-refractivity contribution in [2.75, 3.05) is 49.1 Å². The number of pyridine rings is 1. The molecular weight excluding hydrogens is 352 g/mol. The number of rotatable bonds is 1. The van der Waals surface area contributed by atoms with E-state index in [1.165, 1.54) is 0 Å². The number of carbonyl (C=O) groups is 1. The number of amides is 2. The van der Waals surface area contributed by atoms with Crippen LogP contribution in [0.15, 0.2) is 36.4 Å². The molecule has 0 spiro atoms. The summed E-state index contributed by atoms with van der Waals surface area (Å²) in [5, 5.41) is 0.609. The molecule has 0 unspecified atom stereocenters. The molecule has 26 heavy (non-hydrogen) atoms. The number of aryl methyl sites for hydroxylation is 1. The Kier molecular flexibility index (Phi) is 4.59. The van der Waals surface area contributed by atoms with Crippen LogP contribution in [0.3, 0.4) is 0 Å². The summed E-state index contributed by atoms with van der Waals surface area (Å²) in [6.07, 6.45) is 0. The molecular formula is C19H21ClN4O2. The zero-order valence-corrected chi connectivity index (χ0v) is 15.4. The molecule has 7 heteroatoms. The predicted molar refractivity (Wildman–Crippen MR) is 102 cm³/mol. The topological polar surface area (TPSA) is 48.9 Å². The SMILES string of the molecule is Cc1cccc(N2CCN(C(=O)N3CCOc4cc(Cl)ccc43)CC2)n1. The van der Waals surface area contributed by atoms with Gasteiger partial charge in [0.05, 0.1) is 12.2 Å². The van der Waals surface area contributed by atoms with Crippen molar-refractivity contribution in [2.45, 2.75) is 6.92 Å². The molecule has 0 aliphatic carbocycles. The number of hydrogen-bond donors (Lipinski definition) is 0. The summed E-state index contributed by atoms with van der Waals surface area (Å²) >= 11 is 6.03. The lowest BCUT2D eigenvalue weighted by Gasteiger charge is -2.39. The van der Waals surface area contributed by atoms with E-state index in [4.69, 9.17) is 16.3 Å².